The van der Waals surface area contributed by atoms with Crippen LogP contribution in [0.15, 0.2) is 11.4 Å². The standard InChI is InChI=1S/C12H17ClN2S.2ClH/c13-10-3-8-16-12(10)11(9-1-2-9)15-6-4-14-5-7-15;;/h3,8-9,11,14H,1-2,4-7H2;2*1H/t11-;;/m1../s1. The van der Waals surface area contributed by atoms with Crippen molar-refractivity contribution in [2.45, 2.75) is 18.9 Å². The molecule has 1 aromatic rings. The molecule has 0 bridgehead atoms. The van der Waals surface area contributed by atoms with E-state index in [0.717, 1.165) is 37.1 Å². The van der Waals surface area contributed by atoms with Crippen LogP contribution in [0.3, 0.4) is 0 Å². The van der Waals surface area contributed by atoms with Gasteiger partial charge < -0.3 is 5.32 Å². The minimum atomic E-state index is 0. The minimum Gasteiger partial charge on any atom is -0.314 e. The molecule has 1 aromatic heterocycles. The molecular formula is C12H19Cl3N2S. The molecule has 104 valence electrons. The van der Waals surface area contributed by atoms with E-state index in [1.807, 2.05) is 17.4 Å². The van der Waals surface area contributed by atoms with E-state index in [-0.39, 0.29) is 24.8 Å². The lowest BCUT2D eigenvalue weighted by atomic mass is 10.1. The molecule has 2 heterocycles. The normalized spacial score (nSPS) is 21.8. The zero-order valence-corrected chi connectivity index (χ0v) is 13.3. The first kappa shape index (κ1) is 16.5. The van der Waals surface area contributed by atoms with Crippen LogP contribution in [-0.2, 0) is 0 Å². The molecule has 0 radical (unpaired) electrons. The molecule has 1 N–H and O–H groups in total. The predicted molar refractivity (Wildman–Crippen MR) is 83.7 cm³/mol. The largest absolute Gasteiger partial charge is 0.314 e. The number of hydrogen-bond acceptors (Lipinski definition) is 3. The van der Waals surface area contributed by atoms with Gasteiger partial charge in [-0.15, -0.1) is 36.2 Å². The van der Waals surface area contributed by atoms with Gasteiger partial charge in [0.2, 0.25) is 0 Å². The molecule has 1 saturated carbocycles. The Kier molecular flexibility index (Phi) is 6.73. The number of hydrogen-bond donors (Lipinski definition) is 1. The first-order valence-corrected chi connectivity index (χ1v) is 7.29. The molecule has 0 amide bonds. The summed E-state index contributed by atoms with van der Waals surface area (Å²) < 4.78 is 0. The molecular weight excluding hydrogens is 311 g/mol. The van der Waals surface area contributed by atoms with Gasteiger partial charge in [0.05, 0.1) is 5.02 Å². The average molecular weight is 330 g/mol. The number of thiophene rings is 1. The molecule has 1 saturated heterocycles. The maximum absolute atomic E-state index is 6.29. The average Bonchev–Trinajstić information content (AvgIpc) is 3.05. The van der Waals surface area contributed by atoms with E-state index in [4.69, 9.17) is 11.6 Å². The Morgan fingerprint density at radius 2 is 1.94 bits per heavy atom. The van der Waals surface area contributed by atoms with Crippen molar-refractivity contribution in [1.29, 1.82) is 0 Å². The summed E-state index contributed by atoms with van der Waals surface area (Å²) in [7, 11) is 0. The zero-order valence-electron chi connectivity index (χ0n) is 10.1. The Morgan fingerprint density at radius 3 is 2.44 bits per heavy atom. The van der Waals surface area contributed by atoms with Gasteiger partial charge in [0.25, 0.3) is 0 Å². The fourth-order valence-corrected chi connectivity index (χ4v) is 3.96. The van der Waals surface area contributed by atoms with Gasteiger partial charge in [-0.25, -0.2) is 0 Å². The van der Waals surface area contributed by atoms with Crippen molar-refractivity contribution in [3.05, 3.63) is 21.3 Å². The van der Waals surface area contributed by atoms with Crippen molar-refractivity contribution in [3.63, 3.8) is 0 Å². The highest BCUT2D eigenvalue weighted by molar-refractivity contribution is 7.10. The highest BCUT2D eigenvalue weighted by Gasteiger charge is 2.38. The van der Waals surface area contributed by atoms with E-state index in [1.165, 1.54) is 17.7 Å². The Bertz CT molecular complexity index is 362. The van der Waals surface area contributed by atoms with Gasteiger partial charge in [-0.1, -0.05) is 11.6 Å². The van der Waals surface area contributed by atoms with Crippen LogP contribution in [0.4, 0.5) is 0 Å². The van der Waals surface area contributed by atoms with Crippen molar-refractivity contribution in [2.75, 3.05) is 26.2 Å². The second kappa shape index (κ2) is 7.32. The van der Waals surface area contributed by atoms with Crippen molar-refractivity contribution in [3.8, 4) is 0 Å². The summed E-state index contributed by atoms with van der Waals surface area (Å²) in [5, 5.41) is 6.51. The minimum absolute atomic E-state index is 0. The summed E-state index contributed by atoms with van der Waals surface area (Å²) in [6.45, 7) is 4.56. The molecule has 0 aromatic carbocycles. The van der Waals surface area contributed by atoms with E-state index in [2.05, 4.69) is 15.6 Å². The molecule has 6 heteroatoms. The summed E-state index contributed by atoms with van der Waals surface area (Å²) >= 11 is 8.12. The molecule has 1 atom stereocenters. The molecule has 2 nitrogen and oxygen atoms in total. The maximum atomic E-state index is 6.29. The van der Waals surface area contributed by atoms with Crippen molar-refractivity contribution >= 4 is 47.8 Å². The Morgan fingerprint density at radius 1 is 1.28 bits per heavy atom. The highest BCUT2D eigenvalue weighted by atomic mass is 35.5. The summed E-state index contributed by atoms with van der Waals surface area (Å²) in [4.78, 5) is 4.01. The smallest absolute Gasteiger partial charge is 0.0561 e. The summed E-state index contributed by atoms with van der Waals surface area (Å²) in [5.41, 5.74) is 0. The molecule has 18 heavy (non-hydrogen) atoms. The molecule has 0 unspecified atom stereocenters. The van der Waals surface area contributed by atoms with Crippen LogP contribution in [0.2, 0.25) is 5.02 Å². The molecule has 1 aliphatic carbocycles. The van der Waals surface area contributed by atoms with Crippen LogP contribution in [0, 0.1) is 5.92 Å². The van der Waals surface area contributed by atoms with Gasteiger partial charge in [0.15, 0.2) is 0 Å². The fourth-order valence-electron chi connectivity index (χ4n) is 2.57. The van der Waals surface area contributed by atoms with Crippen LogP contribution in [0.25, 0.3) is 0 Å². The summed E-state index contributed by atoms with van der Waals surface area (Å²) in [5.74, 6) is 0.856. The number of halogens is 3. The zero-order chi connectivity index (χ0) is 11.0. The number of nitrogens with one attached hydrogen (secondary N) is 1. The van der Waals surface area contributed by atoms with E-state index < -0.39 is 0 Å². The van der Waals surface area contributed by atoms with Crippen LogP contribution < -0.4 is 5.32 Å². The Balaban J connectivity index is 0.000000810. The molecule has 2 aliphatic rings. The van der Waals surface area contributed by atoms with E-state index in [0.29, 0.717) is 6.04 Å². The monoisotopic (exact) mass is 328 g/mol. The quantitative estimate of drug-likeness (QED) is 0.911. The SMILES string of the molecule is Cl.Cl.Clc1ccsc1[C@@H](C1CC1)N1CCNCC1. The summed E-state index contributed by atoms with van der Waals surface area (Å²) in [6.07, 6.45) is 2.76. The molecule has 2 fully saturated rings. The first-order valence-electron chi connectivity index (χ1n) is 6.04. The first-order chi connectivity index (χ1) is 7.86. The highest BCUT2D eigenvalue weighted by Crippen LogP contribution is 2.47. The van der Waals surface area contributed by atoms with Gasteiger partial charge in [0, 0.05) is 37.1 Å². The van der Waals surface area contributed by atoms with Crippen molar-refractivity contribution < 1.29 is 0 Å². The van der Waals surface area contributed by atoms with E-state index in [9.17, 15) is 0 Å². The van der Waals surface area contributed by atoms with Crippen LogP contribution in [0.5, 0.6) is 0 Å². The number of rotatable bonds is 3. The van der Waals surface area contributed by atoms with Gasteiger partial charge in [-0.05, 0) is 30.2 Å². The Hall–Kier alpha value is 0.490. The second-order valence-electron chi connectivity index (χ2n) is 4.70. The lowest BCUT2D eigenvalue weighted by Crippen LogP contribution is -2.45. The van der Waals surface area contributed by atoms with Crippen LogP contribution >= 0.6 is 47.8 Å². The predicted octanol–water partition coefficient (Wildman–Crippen LogP) is 3.60. The van der Waals surface area contributed by atoms with Crippen molar-refractivity contribution in [1.82, 2.24) is 10.2 Å². The van der Waals surface area contributed by atoms with Crippen molar-refractivity contribution in [2.24, 2.45) is 5.92 Å². The van der Waals surface area contributed by atoms with E-state index in [1.54, 1.807) is 0 Å². The third-order valence-corrected chi connectivity index (χ3v) is 4.96. The van der Waals surface area contributed by atoms with Gasteiger partial charge >= 0.3 is 0 Å². The van der Waals surface area contributed by atoms with Gasteiger partial charge in [-0.2, -0.15) is 0 Å². The van der Waals surface area contributed by atoms with Gasteiger partial charge in [-0.3, -0.25) is 4.90 Å². The third-order valence-electron chi connectivity index (χ3n) is 3.53. The molecule has 0 spiro atoms. The third kappa shape index (κ3) is 3.53. The fraction of sp³-hybridized carbons (Fsp3) is 0.667. The number of nitrogens with zero attached hydrogens (tertiary/aromatic N) is 1. The van der Waals surface area contributed by atoms with Gasteiger partial charge in [0.1, 0.15) is 0 Å². The molecule has 1 aliphatic heterocycles. The Labute approximate surface area is 130 Å². The maximum Gasteiger partial charge on any atom is 0.0561 e. The van der Waals surface area contributed by atoms with E-state index >= 15 is 0 Å². The molecule has 3 rings (SSSR count). The topological polar surface area (TPSA) is 15.3 Å². The number of piperazine rings is 1. The van der Waals surface area contributed by atoms with Crippen LogP contribution in [0.1, 0.15) is 23.8 Å². The second-order valence-corrected chi connectivity index (χ2v) is 6.06. The van der Waals surface area contributed by atoms with Crippen LogP contribution in [-0.4, -0.2) is 31.1 Å². The lowest BCUT2D eigenvalue weighted by Gasteiger charge is -2.34. The lowest BCUT2D eigenvalue weighted by molar-refractivity contribution is 0.159. The summed E-state index contributed by atoms with van der Waals surface area (Å²) in [6, 6.07) is 2.63.